The van der Waals surface area contributed by atoms with Gasteiger partial charge in [-0.1, -0.05) is 154 Å². The molecule has 1 nitrogen and oxygen atoms in total. The lowest BCUT2D eigenvalue weighted by Crippen LogP contribution is -2.45. The zero-order chi connectivity index (χ0) is 22.6. The number of halogens is 1. The van der Waals surface area contributed by atoms with Crippen molar-refractivity contribution in [3.05, 3.63) is 35.9 Å². The lowest BCUT2D eigenvalue weighted by molar-refractivity contribution is 0.275. The summed E-state index contributed by atoms with van der Waals surface area (Å²) in [4.78, 5) is 0. The molecular weight excluding hydrogens is 410 g/mol. The number of rotatable bonds is 21. The fourth-order valence-electron chi connectivity index (χ4n) is 5.42. The molecule has 0 heterocycles. The molecule has 2 N–H and O–H groups in total. The van der Waals surface area contributed by atoms with E-state index in [-0.39, 0.29) is 17.9 Å². The highest BCUT2D eigenvalue weighted by molar-refractivity contribution is 5.85. The van der Waals surface area contributed by atoms with Gasteiger partial charge in [0.2, 0.25) is 0 Å². The zero-order valence-electron chi connectivity index (χ0n) is 21.9. The SMILES string of the molecule is CCCCCCCCCCCCCCCCC(c1ccccc1)C(N)(CCC)CCC.Cl. The molecule has 0 amide bonds. The van der Waals surface area contributed by atoms with E-state index in [1.807, 2.05) is 0 Å². The summed E-state index contributed by atoms with van der Waals surface area (Å²) < 4.78 is 0. The average molecular weight is 466 g/mol. The van der Waals surface area contributed by atoms with Crippen LogP contribution in [0, 0.1) is 0 Å². The minimum absolute atomic E-state index is 0. The Morgan fingerprint density at radius 1 is 0.594 bits per heavy atom. The van der Waals surface area contributed by atoms with Gasteiger partial charge in [-0.2, -0.15) is 0 Å². The molecule has 0 fully saturated rings. The molecule has 2 heteroatoms. The molecule has 0 aliphatic carbocycles. The molecule has 0 saturated carbocycles. The van der Waals surface area contributed by atoms with E-state index < -0.39 is 0 Å². The van der Waals surface area contributed by atoms with Crippen LogP contribution in [0.2, 0.25) is 0 Å². The van der Waals surface area contributed by atoms with E-state index in [1.54, 1.807) is 0 Å². The maximum absolute atomic E-state index is 7.05. The highest BCUT2D eigenvalue weighted by atomic mass is 35.5. The van der Waals surface area contributed by atoms with E-state index in [0.717, 1.165) is 12.8 Å². The molecular formula is C30H56ClN. The summed E-state index contributed by atoms with van der Waals surface area (Å²) in [6.07, 6.45) is 25.8. The molecule has 0 aliphatic rings. The largest absolute Gasteiger partial charge is 0.325 e. The Balaban J connectivity index is 0.00000961. The molecule has 32 heavy (non-hydrogen) atoms. The van der Waals surface area contributed by atoms with Crippen LogP contribution >= 0.6 is 12.4 Å². The zero-order valence-corrected chi connectivity index (χ0v) is 22.7. The molecule has 1 rings (SSSR count). The molecule has 0 aliphatic heterocycles. The standard InChI is InChI=1S/C30H55N.ClH/c1-4-7-8-9-10-11-12-13-14-15-16-17-18-22-25-29(28-23-20-19-21-24-28)30(31,26-5-2)27-6-3;/h19-21,23-24,29H,4-18,22,25-27,31H2,1-3H3;1H. The molecule has 1 unspecified atom stereocenters. The summed E-state index contributed by atoms with van der Waals surface area (Å²) in [6, 6.07) is 11.1. The second kappa shape index (κ2) is 21.0. The first-order valence-electron chi connectivity index (χ1n) is 14.0. The van der Waals surface area contributed by atoms with Crippen LogP contribution in [0.1, 0.15) is 154 Å². The van der Waals surface area contributed by atoms with Gasteiger partial charge in [0, 0.05) is 11.5 Å². The number of hydrogen-bond donors (Lipinski definition) is 1. The van der Waals surface area contributed by atoms with Crippen molar-refractivity contribution in [3.8, 4) is 0 Å². The Hall–Kier alpha value is -0.530. The van der Waals surface area contributed by atoms with Crippen molar-refractivity contribution < 1.29 is 0 Å². The quantitative estimate of drug-likeness (QED) is 0.179. The fourth-order valence-corrected chi connectivity index (χ4v) is 5.42. The molecule has 0 bridgehead atoms. The molecule has 0 aromatic heterocycles. The first-order chi connectivity index (χ1) is 15.2. The Morgan fingerprint density at radius 2 is 1.00 bits per heavy atom. The van der Waals surface area contributed by atoms with E-state index in [1.165, 1.54) is 115 Å². The van der Waals surface area contributed by atoms with Crippen LogP contribution in [0.15, 0.2) is 30.3 Å². The van der Waals surface area contributed by atoms with Crippen LogP contribution in [0.3, 0.4) is 0 Å². The predicted molar refractivity (Wildman–Crippen MR) is 148 cm³/mol. The van der Waals surface area contributed by atoms with Crippen molar-refractivity contribution >= 4 is 12.4 Å². The summed E-state index contributed by atoms with van der Waals surface area (Å²) in [5.41, 5.74) is 8.47. The third-order valence-corrected chi connectivity index (χ3v) is 7.17. The number of unbranched alkanes of at least 4 members (excludes halogenated alkanes) is 13. The number of hydrogen-bond acceptors (Lipinski definition) is 1. The normalized spacial score (nSPS) is 12.5. The molecule has 1 atom stereocenters. The van der Waals surface area contributed by atoms with Gasteiger partial charge in [-0.05, 0) is 24.8 Å². The van der Waals surface area contributed by atoms with E-state index in [9.17, 15) is 0 Å². The van der Waals surface area contributed by atoms with Gasteiger partial charge in [-0.3, -0.25) is 0 Å². The Bertz CT molecular complexity index is 495. The van der Waals surface area contributed by atoms with E-state index in [0.29, 0.717) is 5.92 Å². The van der Waals surface area contributed by atoms with Crippen molar-refractivity contribution in [1.82, 2.24) is 0 Å². The van der Waals surface area contributed by atoms with Gasteiger partial charge < -0.3 is 5.73 Å². The van der Waals surface area contributed by atoms with Gasteiger partial charge in [-0.15, -0.1) is 12.4 Å². The monoisotopic (exact) mass is 465 g/mol. The van der Waals surface area contributed by atoms with Crippen LogP contribution in [0.25, 0.3) is 0 Å². The first kappa shape index (κ1) is 31.5. The Morgan fingerprint density at radius 3 is 1.41 bits per heavy atom. The summed E-state index contributed by atoms with van der Waals surface area (Å²) in [5, 5.41) is 0. The third kappa shape index (κ3) is 13.9. The number of nitrogens with two attached hydrogens (primary N) is 1. The summed E-state index contributed by atoms with van der Waals surface area (Å²) >= 11 is 0. The topological polar surface area (TPSA) is 26.0 Å². The second-order valence-corrected chi connectivity index (χ2v) is 10.1. The predicted octanol–water partition coefficient (Wildman–Crippen LogP) is 10.4. The third-order valence-electron chi connectivity index (χ3n) is 7.17. The molecule has 188 valence electrons. The molecule has 1 aromatic rings. The summed E-state index contributed by atoms with van der Waals surface area (Å²) in [6.45, 7) is 6.86. The van der Waals surface area contributed by atoms with Crippen LogP contribution in [0.4, 0.5) is 0 Å². The van der Waals surface area contributed by atoms with Gasteiger partial charge >= 0.3 is 0 Å². The van der Waals surface area contributed by atoms with Gasteiger partial charge in [0.15, 0.2) is 0 Å². The van der Waals surface area contributed by atoms with Crippen molar-refractivity contribution in [2.45, 2.75) is 154 Å². The van der Waals surface area contributed by atoms with Gasteiger partial charge in [0.05, 0.1) is 0 Å². The Kier molecular flexibility index (Phi) is 20.7. The summed E-state index contributed by atoms with van der Waals surface area (Å²) in [5.74, 6) is 0.505. The van der Waals surface area contributed by atoms with Gasteiger partial charge in [0.1, 0.15) is 0 Å². The minimum atomic E-state index is -0.0403. The van der Waals surface area contributed by atoms with E-state index >= 15 is 0 Å². The van der Waals surface area contributed by atoms with Crippen LogP contribution in [-0.2, 0) is 0 Å². The van der Waals surface area contributed by atoms with Gasteiger partial charge in [-0.25, -0.2) is 0 Å². The second-order valence-electron chi connectivity index (χ2n) is 10.1. The highest BCUT2D eigenvalue weighted by Crippen LogP contribution is 2.37. The van der Waals surface area contributed by atoms with E-state index in [4.69, 9.17) is 5.73 Å². The average Bonchev–Trinajstić information content (AvgIpc) is 2.77. The van der Waals surface area contributed by atoms with Crippen molar-refractivity contribution in [3.63, 3.8) is 0 Å². The molecule has 0 spiro atoms. The minimum Gasteiger partial charge on any atom is -0.325 e. The molecule has 0 saturated heterocycles. The van der Waals surface area contributed by atoms with Crippen molar-refractivity contribution in [2.24, 2.45) is 5.73 Å². The van der Waals surface area contributed by atoms with Crippen LogP contribution in [-0.4, -0.2) is 5.54 Å². The first-order valence-corrected chi connectivity index (χ1v) is 14.0. The van der Waals surface area contributed by atoms with E-state index in [2.05, 4.69) is 51.1 Å². The number of benzene rings is 1. The Labute approximate surface area is 208 Å². The van der Waals surface area contributed by atoms with Gasteiger partial charge in [0.25, 0.3) is 0 Å². The van der Waals surface area contributed by atoms with Crippen molar-refractivity contribution in [2.75, 3.05) is 0 Å². The lowest BCUT2D eigenvalue weighted by atomic mass is 9.72. The highest BCUT2D eigenvalue weighted by Gasteiger charge is 2.33. The van der Waals surface area contributed by atoms with Crippen LogP contribution < -0.4 is 5.73 Å². The maximum Gasteiger partial charge on any atom is 0.0223 e. The smallest absolute Gasteiger partial charge is 0.0223 e. The fraction of sp³-hybridized carbons (Fsp3) is 0.800. The van der Waals surface area contributed by atoms with Crippen LogP contribution in [0.5, 0.6) is 0 Å². The maximum atomic E-state index is 7.05. The summed E-state index contributed by atoms with van der Waals surface area (Å²) in [7, 11) is 0. The molecule has 0 radical (unpaired) electrons. The van der Waals surface area contributed by atoms with Crippen molar-refractivity contribution in [1.29, 1.82) is 0 Å². The lowest BCUT2D eigenvalue weighted by Gasteiger charge is -2.38. The molecule has 1 aromatic carbocycles.